The van der Waals surface area contributed by atoms with Gasteiger partial charge in [-0.05, 0) is 44.9 Å². The van der Waals surface area contributed by atoms with Gasteiger partial charge in [0.2, 0.25) is 5.78 Å². The predicted octanol–water partition coefficient (Wildman–Crippen LogP) is 3.39. The second kappa shape index (κ2) is 9.73. The molecule has 28 heavy (non-hydrogen) atoms. The van der Waals surface area contributed by atoms with E-state index in [0.29, 0.717) is 29.0 Å². The summed E-state index contributed by atoms with van der Waals surface area (Å²) in [5.74, 6) is -0.995. The van der Waals surface area contributed by atoms with Crippen LogP contribution in [0.25, 0.3) is 0 Å². The number of esters is 2. The SMILES string of the molecule is CCOC(=O)c1c(C)[nH]c(C(=O)COC(=O)[C@H](CC)Oc2ccccc2)c1C. The van der Waals surface area contributed by atoms with Crippen molar-refractivity contribution in [3.63, 3.8) is 0 Å². The van der Waals surface area contributed by atoms with E-state index in [1.807, 2.05) is 6.07 Å². The Morgan fingerprint density at radius 1 is 1.04 bits per heavy atom. The minimum Gasteiger partial charge on any atom is -0.479 e. The Morgan fingerprint density at radius 2 is 1.71 bits per heavy atom. The number of H-pyrrole nitrogens is 1. The number of hydrogen-bond donors (Lipinski definition) is 1. The highest BCUT2D eigenvalue weighted by Gasteiger charge is 2.25. The molecule has 0 aliphatic heterocycles. The van der Waals surface area contributed by atoms with Crippen LogP contribution in [0, 0.1) is 13.8 Å². The van der Waals surface area contributed by atoms with Gasteiger partial charge in [-0.3, -0.25) is 4.79 Å². The van der Waals surface area contributed by atoms with Gasteiger partial charge in [0.25, 0.3) is 0 Å². The normalized spacial score (nSPS) is 11.6. The molecule has 0 fully saturated rings. The van der Waals surface area contributed by atoms with Gasteiger partial charge in [-0.25, -0.2) is 9.59 Å². The third-order valence-electron chi connectivity index (χ3n) is 4.20. The van der Waals surface area contributed by atoms with E-state index in [2.05, 4.69) is 4.98 Å². The van der Waals surface area contributed by atoms with E-state index >= 15 is 0 Å². The summed E-state index contributed by atoms with van der Waals surface area (Å²) in [7, 11) is 0. The Kier molecular flexibility index (Phi) is 7.37. The Morgan fingerprint density at radius 3 is 2.32 bits per heavy atom. The number of aromatic amines is 1. The average molecular weight is 387 g/mol. The molecule has 0 spiro atoms. The standard InChI is InChI=1S/C21H25NO6/c1-5-17(28-15-10-8-7-9-11-15)20(24)27-12-16(23)19-13(3)18(14(4)22-19)21(25)26-6-2/h7-11,17,22H,5-6,12H2,1-4H3/t17-/m0/s1. The molecule has 0 unspecified atom stereocenters. The van der Waals surface area contributed by atoms with Crippen molar-refractivity contribution in [3.8, 4) is 5.75 Å². The molecule has 1 atom stereocenters. The van der Waals surface area contributed by atoms with Crippen LogP contribution in [0.15, 0.2) is 30.3 Å². The zero-order valence-electron chi connectivity index (χ0n) is 16.5. The smallest absolute Gasteiger partial charge is 0.347 e. The fraction of sp³-hybridized carbons (Fsp3) is 0.381. The Hall–Kier alpha value is -3.09. The Bertz CT molecular complexity index is 840. The van der Waals surface area contributed by atoms with E-state index in [0.717, 1.165) is 0 Å². The molecule has 7 nitrogen and oxygen atoms in total. The lowest BCUT2D eigenvalue weighted by Gasteiger charge is -2.16. The number of carbonyl (C=O) groups is 3. The van der Waals surface area contributed by atoms with E-state index in [4.69, 9.17) is 14.2 Å². The number of carbonyl (C=O) groups excluding carboxylic acids is 3. The summed E-state index contributed by atoms with van der Waals surface area (Å²) < 4.78 is 15.8. The van der Waals surface area contributed by atoms with Crippen LogP contribution in [0.2, 0.25) is 0 Å². The van der Waals surface area contributed by atoms with Crippen molar-refractivity contribution in [2.24, 2.45) is 0 Å². The molecule has 7 heteroatoms. The van der Waals surface area contributed by atoms with Gasteiger partial charge >= 0.3 is 11.9 Å². The van der Waals surface area contributed by atoms with E-state index in [1.165, 1.54) is 0 Å². The van der Waals surface area contributed by atoms with E-state index in [1.54, 1.807) is 52.0 Å². The van der Waals surface area contributed by atoms with E-state index < -0.39 is 30.4 Å². The highest BCUT2D eigenvalue weighted by Crippen LogP contribution is 2.20. The summed E-state index contributed by atoms with van der Waals surface area (Å²) in [5.41, 5.74) is 1.56. The second-order valence-corrected chi connectivity index (χ2v) is 6.20. The number of aryl methyl sites for hydroxylation is 1. The highest BCUT2D eigenvalue weighted by atomic mass is 16.6. The summed E-state index contributed by atoms with van der Waals surface area (Å²) in [6, 6.07) is 8.92. The summed E-state index contributed by atoms with van der Waals surface area (Å²) in [5, 5.41) is 0. The number of rotatable bonds is 9. The van der Waals surface area contributed by atoms with Gasteiger partial charge < -0.3 is 19.2 Å². The Labute approximate surface area is 164 Å². The average Bonchev–Trinajstić information content (AvgIpc) is 2.99. The number of para-hydroxylation sites is 1. The predicted molar refractivity (Wildman–Crippen MR) is 103 cm³/mol. The topological polar surface area (TPSA) is 94.7 Å². The fourth-order valence-corrected chi connectivity index (χ4v) is 2.80. The van der Waals surface area contributed by atoms with E-state index in [-0.39, 0.29) is 12.3 Å². The van der Waals surface area contributed by atoms with Crippen molar-refractivity contribution in [2.75, 3.05) is 13.2 Å². The second-order valence-electron chi connectivity index (χ2n) is 6.20. The minimum atomic E-state index is -0.809. The van der Waals surface area contributed by atoms with Crippen molar-refractivity contribution in [2.45, 2.75) is 40.2 Å². The van der Waals surface area contributed by atoms with Gasteiger partial charge in [0.1, 0.15) is 5.75 Å². The number of aromatic nitrogens is 1. The highest BCUT2D eigenvalue weighted by molar-refractivity contribution is 6.02. The number of benzene rings is 1. The first kappa shape index (κ1) is 21.2. The molecule has 0 saturated carbocycles. The van der Waals surface area contributed by atoms with Crippen LogP contribution in [0.1, 0.15) is 52.4 Å². The largest absolute Gasteiger partial charge is 0.479 e. The molecule has 0 amide bonds. The van der Waals surface area contributed by atoms with Crippen LogP contribution in [0.4, 0.5) is 0 Å². The molecule has 150 valence electrons. The molecular weight excluding hydrogens is 362 g/mol. The molecule has 2 aromatic rings. The van der Waals surface area contributed by atoms with Gasteiger partial charge in [-0.1, -0.05) is 25.1 Å². The quantitative estimate of drug-likeness (QED) is 0.523. The molecule has 1 heterocycles. The monoisotopic (exact) mass is 387 g/mol. The number of hydrogen-bond acceptors (Lipinski definition) is 6. The zero-order valence-corrected chi connectivity index (χ0v) is 16.5. The molecule has 1 aromatic heterocycles. The Balaban J connectivity index is 2.02. The van der Waals surface area contributed by atoms with Crippen LogP contribution in [0.3, 0.4) is 0 Å². The maximum absolute atomic E-state index is 12.5. The lowest BCUT2D eigenvalue weighted by Crippen LogP contribution is -2.30. The molecule has 0 radical (unpaired) electrons. The summed E-state index contributed by atoms with van der Waals surface area (Å²) in [6.45, 7) is 6.63. The van der Waals surface area contributed by atoms with Crippen LogP contribution < -0.4 is 4.74 Å². The van der Waals surface area contributed by atoms with Crippen LogP contribution in [0.5, 0.6) is 5.75 Å². The van der Waals surface area contributed by atoms with Crippen LogP contribution in [-0.2, 0) is 14.3 Å². The van der Waals surface area contributed by atoms with Gasteiger partial charge in [0, 0.05) is 5.69 Å². The number of ether oxygens (including phenoxy) is 3. The third-order valence-corrected chi connectivity index (χ3v) is 4.20. The first-order valence-electron chi connectivity index (χ1n) is 9.16. The van der Waals surface area contributed by atoms with Crippen molar-refractivity contribution in [3.05, 3.63) is 52.8 Å². The van der Waals surface area contributed by atoms with Crippen molar-refractivity contribution in [1.29, 1.82) is 0 Å². The van der Waals surface area contributed by atoms with Crippen LogP contribution in [-0.4, -0.2) is 42.0 Å². The van der Waals surface area contributed by atoms with Gasteiger partial charge in [0.05, 0.1) is 17.9 Å². The van der Waals surface area contributed by atoms with E-state index in [9.17, 15) is 14.4 Å². The van der Waals surface area contributed by atoms with Crippen LogP contribution >= 0.6 is 0 Å². The number of ketones is 1. The first-order chi connectivity index (χ1) is 13.4. The molecule has 0 bridgehead atoms. The number of Topliss-reactive ketones (excluding diaryl/α,β-unsaturated/α-hetero) is 1. The minimum absolute atomic E-state index is 0.227. The lowest BCUT2D eigenvalue weighted by atomic mass is 10.1. The molecule has 0 aliphatic carbocycles. The van der Waals surface area contributed by atoms with Gasteiger partial charge in [0.15, 0.2) is 12.7 Å². The molecule has 1 N–H and O–H groups in total. The first-order valence-corrected chi connectivity index (χ1v) is 9.16. The molecular formula is C21H25NO6. The van der Waals surface area contributed by atoms with Crippen molar-refractivity contribution >= 4 is 17.7 Å². The molecule has 1 aromatic carbocycles. The van der Waals surface area contributed by atoms with Crippen molar-refractivity contribution in [1.82, 2.24) is 4.98 Å². The third kappa shape index (κ3) is 5.00. The summed E-state index contributed by atoms with van der Waals surface area (Å²) in [6.07, 6.45) is -0.410. The number of nitrogens with one attached hydrogen (secondary N) is 1. The molecule has 0 aliphatic rings. The maximum Gasteiger partial charge on any atom is 0.347 e. The van der Waals surface area contributed by atoms with Crippen molar-refractivity contribution < 1.29 is 28.6 Å². The lowest BCUT2D eigenvalue weighted by molar-refractivity contribution is -0.150. The molecule has 0 saturated heterocycles. The molecule has 2 rings (SSSR count). The van der Waals surface area contributed by atoms with Gasteiger partial charge in [-0.2, -0.15) is 0 Å². The fourth-order valence-electron chi connectivity index (χ4n) is 2.80. The summed E-state index contributed by atoms with van der Waals surface area (Å²) >= 11 is 0. The zero-order chi connectivity index (χ0) is 20.7. The maximum atomic E-state index is 12.5. The summed E-state index contributed by atoms with van der Waals surface area (Å²) in [4.78, 5) is 39.7. The van der Waals surface area contributed by atoms with Gasteiger partial charge in [-0.15, -0.1) is 0 Å².